The van der Waals surface area contributed by atoms with E-state index >= 15 is 0 Å². The molecule has 0 spiro atoms. The van der Waals surface area contributed by atoms with Gasteiger partial charge < -0.3 is 9.64 Å². The molecule has 0 atom stereocenters. The van der Waals surface area contributed by atoms with E-state index in [1.807, 2.05) is 35.2 Å². The van der Waals surface area contributed by atoms with Crippen LogP contribution < -0.4 is 4.74 Å². The minimum atomic E-state index is -0.838. The van der Waals surface area contributed by atoms with Gasteiger partial charge in [-0.05, 0) is 35.9 Å². The standard InChI is InChI=1S/C25H23ClF2N2O2/c26-21-8-1-2-10-23(21)32-17-18-5-3-6-19(15-18)25(31)30-13-11-29(12-14-30)16-20-7-4-9-22(27)24(20)28/h1-10,15H,11-14,16-17H2. The van der Waals surface area contributed by atoms with E-state index in [1.165, 1.54) is 6.07 Å². The number of para-hydroxylation sites is 1. The Labute approximate surface area is 191 Å². The van der Waals surface area contributed by atoms with E-state index in [9.17, 15) is 13.6 Å². The summed E-state index contributed by atoms with van der Waals surface area (Å²) in [7, 11) is 0. The molecule has 1 saturated heterocycles. The van der Waals surface area contributed by atoms with E-state index in [0.29, 0.717) is 61.2 Å². The van der Waals surface area contributed by atoms with Crippen molar-refractivity contribution >= 4 is 17.5 Å². The normalized spacial score (nSPS) is 14.4. The Morgan fingerprint density at radius 3 is 2.47 bits per heavy atom. The quantitative estimate of drug-likeness (QED) is 0.514. The Morgan fingerprint density at radius 1 is 0.938 bits per heavy atom. The monoisotopic (exact) mass is 456 g/mol. The number of hydrogen-bond donors (Lipinski definition) is 0. The van der Waals surface area contributed by atoms with Gasteiger partial charge in [-0.1, -0.05) is 48.0 Å². The molecule has 4 nitrogen and oxygen atoms in total. The Kier molecular flexibility index (Phi) is 7.02. The van der Waals surface area contributed by atoms with E-state index < -0.39 is 11.6 Å². The van der Waals surface area contributed by atoms with Crippen molar-refractivity contribution in [3.05, 3.63) is 100 Å². The van der Waals surface area contributed by atoms with Crippen LogP contribution in [0.1, 0.15) is 21.5 Å². The van der Waals surface area contributed by atoms with Crippen LogP contribution in [0.4, 0.5) is 8.78 Å². The van der Waals surface area contributed by atoms with Crippen LogP contribution in [-0.2, 0) is 13.2 Å². The SMILES string of the molecule is O=C(c1cccc(COc2ccccc2Cl)c1)N1CCN(Cc2cccc(F)c2F)CC1. The first kappa shape index (κ1) is 22.2. The molecule has 1 aliphatic rings. The van der Waals surface area contributed by atoms with Crippen LogP contribution >= 0.6 is 11.6 Å². The molecule has 7 heteroatoms. The molecule has 0 unspecified atom stereocenters. The fourth-order valence-electron chi connectivity index (χ4n) is 3.72. The molecule has 166 valence electrons. The predicted molar refractivity (Wildman–Crippen MR) is 120 cm³/mol. The van der Waals surface area contributed by atoms with Crippen LogP contribution in [0, 0.1) is 11.6 Å². The molecular formula is C25H23ClF2N2O2. The van der Waals surface area contributed by atoms with E-state index in [1.54, 1.807) is 29.2 Å². The number of hydrogen-bond acceptors (Lipinski definition) is 3. The van der Waals surface area contributed by atoms with Crippen LogP contribution in [0.2, 0.25) is 5.02 Å². The molecule has 1 fully saturated rings. The van der Waals surface area contributed by atoms with Crippen LogP contribution in [0.25, 0.3) is 0 Å². The lowest BCUT2D eigenvalue weighted by Gasteiger charge is -2.35. The average molecular weight is 457 g/mol. The van der Waals surface area contributed by atoms with Gasteiger partial charge in [-0.3, -0.25) is 9.69 Å². The second-order valence-corrected chi connectivity index (χ2v) is 8.11. The number of piperazine rings is 1. The molecular weight excluding hydrogens is 434 g/mol. The maximum absolute atomic E-state index is 13.9. The summed E-state index contributed by atoms with van der Waals surface area (Å²) in [6, 6.07) is 18.8. The van der Waals surface area contributed by atoms with Gasteiger partial charge in [-0.2, -0.15) is 0 Å². The Hall–Kier alpha value is -2.96. The topological polar surface area (TPSA) is 32.8 Å². The third kappa shape index (κ3) is 5.26. The second-order valence-electron chi connectivity index (χ2n) is 7.70. The zero-order valence-electron chi connectivity index (χ0n) is 17.4. The number of amides is 1. The molecule has 32 heavy (non-hydrogen) atoms. The summed E-state index contributed by atoms with van der Waals surface area (Å²) in [5.74, 6) is -1.10. The summed E-state index contributed by atoms with van der Waals surface area (Å²) in [6.45, 7) is 2.86. The number of halogens is 3. The molecule has 0 bridgehead atoms. The zero-order valence-corrected chi connectivity index (χ0v) is 18.2. The van der Waals surface area contributed by atoms with Gasteiger partial charge in [0, 0.05) is 43.9 Å². The number of nitrogens with zero attached hydrogens (tertiary/aromatic N) is 2. The molecule has 0 aliphatic carbocycles. The van der Waals surface area contributed by atoms with Gasteiger partial charge >= 0.3 is 0 Å². The summed E-state index contributed by atoms with van der Waals surface area (Å²) in [5, 5.41) is 0.538. The van der Waals surface area contributed by atoms with Crippen molar-refractivity contribution in [2.45, 2.75) is 13.2 Å². The van der Waals surface area contributed by atoms with Gasteiger partial charge in [-0.25, -0.2) is 8.78 Å². The number of carbonyl (C=O) groups excluding carboxylic acids is 1. The fraction of sp³-hybridized carbons (Fsp3) is 0.240. The lowest BCUT2D eigenvalue weighted by atomic mass is 10.1. The summed E-state index contributed by atoms with van der Waals surface area (Å²) in [4.78, 5) is 16.8. The summed E-state index contributed by atoms with van der Waals surface area (Å²) in [5.41, 5.74) is 1.79. The average Bonchev–Trinajstić information content (AvgIpc) is 2.82. The molecule has 3 aromatic carbocycles. The van der Waals surface area contributed by atoms with Gasteiger partial charge in [0.2, 0.25) is 0 Å². The first-order valence-electron chi connectivity index (χ1n) is 10.4. The summed E-state index contributed by atoms with van der Waals surface area (Å²) in [6.07, 6.45) is 0. The lowest BCUT2D eigenvalue weighted by molar-refractivity contribution is 0.0626. The van der Waals surface area contributed by atoms with Gasteiger partial charge in [-0.15, -0.1) is 0 Å². The number of ether oxygens (including phenoxy) is 1. The first-order chi connectivity index (χ1) is 15.5. The van der Waals surface area contributed by atoms with Crippen molar-refractivity contribution in [3.63, 3.8) is 0 Å². The highest BCUT2D eigenvalue weighted by Crippen LogP contribution is 2.24. The number of rotatable bonds is 6. The van der Waals surface area contributed by atoms with Crippen molar-refractivity contribution in [1.29, 1.82) is 0 Å². The van der Waals surface area contributed by atoms with Gasteiger partial charge in [0.05, 0.1) is 5.02 Å². The molecule has 1 amide bonds. The van der Waals surface area contributed by atoms with E-state index in [4.69, 9.17) is 16.3 Å². The third-order valence-electron chi connectivity index (χ3n) is 5.49. The van der Waals surface area contributed by atoms with Crippen molar-refractivity contribution in [3.8, 4) is 5.75 Å². The molecule has 0 saturated carbocycles. The Balaban J connectivity index is 1.33. The molecule has 0 N–H and O–H groups in total. The molecule has 0 radical (unpaired) electrons. The van der Waals surface area contributed by atoms with Crippen LogP contribution in [0.15, 0.2) is 66.7 Å². The van der Waals surface area contributed by atoms with Gasteiger partial charge in [0.15, 0.2) is 11.6 Å². The second kappa shape index (κ2) is 10.1. The number of carbonyl (C=O) groups is 1. The Bertz CT molecular complexity index is 1100. The zero-order chi connectivity index (χ0) is 22.5. The maximum atomic E-state index is 13.9. The largest absolute Gasteiger partial charge is 0.487 e. The van der Waals surface area contributed by atoms with Crippen molar-refractivity contribution in [2.24, 2.45) is 0 Å². The van der Waals surface area contributed by atoms with Gasteiger partial charge in [0.1, 0.15) is 12.4 Å². The van der Waals surface area contributed by atoms with Crippen molar-refractivity contribution in [2.75, 3.05) is 26.2 Å². The minimum absolute atomic E-state index is 0.0545. The summed E-state index contributed by atoms with van der Waals surface area (Å²) >= 11 is 6.12. The highest BCUT2D eigenvalue weighted by molar-refractivity contribution is 6.32. The molecule has 0 aromatic heterocycles. The lowest BCUT2D eigenvalue weighted by Crippen LogP contribution is -2.48. The van der Waals surface area contributed by atoms with Crippen LogP contribution in [0.5, 0.6) is 5.75 Å². The fourth-order valence-corrected chi connectivity index (χ4v) is 3.91. The molecule has 3 aromatic rings. The van der Waals surface area contributed by atoms with E-state index in [0.717, 1.165) is 11.6 Å². The number of benzene rings is 3. The molecule has 1 aliphatic heterocycles. The highest BCUT2D eigenvalue weighted by atomic mass is 35.5. The molecule has 1 heterocycles. The van der Waals surface area contributed by atoms with Gasteiger partial charge in [0.25, 0.3) is 5.91 Å². The van der Waals surface area contributed by atoms with E-state index in [2.05, 4.69) is 0 Å². The van der Waals surface area contributed by atoms with E-state index in [-0.39, 0.29) is 5.91 Å². The third-order valence-corrected chi connectivity index (χ3v) is 5.80. The van der Waals surface area contributed by atoms with Crippen molar-refractivity contribution < 1.29 is 18.3 Å². The predicted octanol–water partition coefficient (Wildman–Crippen LogP) is 5.16. The maximum Gasteiger partial charge on any atom is 0.253 e. The Morgan fingerprint density at radius 2 is 1.69 bits per heavy atom. The highest BCUT2D eigenvalue weighted by Gasteiger charge is 2.23. The van der Waals surface area contributed by atoms with Crippen molar-refractivity contribution in [1.82, 2.24) is 9.80 Å². The van der Waals surface area contributed by atoms with Crippen LogP contribution in [0.3, 0.4) is 0 Å². The molecule has 4 rings (SSSR count). The summed E-state index contributed by atoms with van der Waals surface area (Å²) < 4.78 is 33.1. The van der Waals surface area contributed by atoms with Crippen LogP contribution in [-0.4, -0.2) is 41.9 Å². The first-order valence-corrected chi connectivity index (χ1v) is 10.8. The smallest absolute Gasteiger partial charge is 0.253 e. The minimum Gasteiger partial charge on any atom is -0.487 e.